The first-order valence-corrected chi connectivity index (χ1v) is 6.62. The molecule has 1 amide bonds. The maximum Gasteiger partial charge on any atom is 0.258 e. The first-order valence-electron chi connectivity index (χ1n) is 6.21. The van der Waals surface area contributed by atoms with Crippen molar-refractivity contribution in [2.45, 2.75) is 20.3 Å². The van der Waals surface area contributed by atoms with Crippen molar-refractivity contribution in [3.63, 3.8) is 0 Å². The number of thiocarbonyl (C=S) groups is 1. The molecule has 1 aromatic rings. The van der Waals surface area contributed by atoms with Crippen molar-refractivity contribution in [3.05, 3.63) is 29.3 Å². The van der Waals surface area contributed by atoms with Gasteiger partial charge in [0.15, 0.2) is 0 Å². The lowest BCUT2D eigenvalue weighted by atomic mass is 10.1. The molecule has 0 aliphatic heterocycles. The second-order valence-electron chi connectivity index (χ2n) is 4.40. The fraction of sp³-hybridized carbons (Fsp3) is 0.429. The number of carbonyl (C=O) groups excluding carboxylic acids is 1. The van der Waals surface area contributed by atoms with Crippen molar-refractivity contribution in [3.8, 4) is 5.75 Å². The van der Waals surface area contributed by atoms with E-state index >= 15 is 0 Å². The summed E-state index contributed by atoms with van der Waals surface area (Å²) in [4.78, 5) is 14.5. The molecule has 0 aromatic heterocycles. The van der Waals surface area contributed by atoms with E-state index in [9.17, 15) is 4.79 Å². The molecule has 0 heterocycles. The largest absolute Gasteiger partial charge is 0.496 e. The topological polar surface area (TPSA) is 55.6 Å². The Hall–Kier alpha value is -1.62. The summed E-state index contributed by atoms with van der Waals surface area (Å²) in [6.07, 6.45) is 0.850. The summed E-state index contributed by atoms with van der Waals surface area (Å²) < 4.78 is 5.24. The number of rotatable bonds is 6. The number of aryl methyl sites for hydroxylation is 1. The van der Waals surface area contributed by atoms with Crippen LogP contribution in [0.1, 0.15) is 29.3 Å². The SMILES string of the molecule is CCCN(CC(N)=S)C(=O)c1cc(C)ccc1OC. The van der Waals surface area contributed by atoms with Gasteiger partial charge in [0.1, 0.15) is 5.75 Å². The van der Waals surface area contributed by atoms with Crippen LogP contribution in [-0.2, 0) is 0 Å². The van der Waals surface area contributed by atoms with E-state index in [0.29, 0.717) is 29.4 Å². The van der Waals surface area contributed by atoms with Gasteiger partial charge in [-0.25, -0.2) is 0 Å². The second-order valence-corrected chi connectivity index (χ2v) is 4.92. The molecule has 1 aromatic carbocycles. The Morgan fingerprint density at radius 1 is 1.47 bits per heavy atom. The zero-order chi connectivity index (χ0) is 14.4. The Bertz CT molecular complexity index is 475. The van der Waals surface area contributed by atoms with Crippen LogP contribution in [0, 0.1) is 6.92 Å². The van der Waals surface area contributed by atoms with Gasteiger partial charge in [-0.2, -0.15) is 0 Å². The average Bonchev–Trinajstić information content (AvgIpc) is 2.37. The van der Waals surface area contributed by atoms with Crippen molar-refractivity contribution in [2.75, 3.05) is 20.2 Å². The van der Waals surface area contributed by atoms with E-state index in [2.05, 4.69) is 0 Å². The van der Waals surface area contributed by atoms with Gasteiger partial charge in [0, 0.05) is 6.54 Å². The maximum atomic E-state index is 12.5. The predicted octanol–water partition coefficient (Wildman–Crippen LogP) is 2.14. The normalized spacial score (nSPS) is 10.1. The standard InChI is InChI=1S/C14H20N2O2S/c1-4-7-16(9-13(15)19)14(17)11-8-10(2)5-6-12(11)18-3/h5-6,8H,4,7,9H2,1-3H3,(H2,15,19). The van der Waals surface area contributed by atoms with Gasteiger partial charge in [-0.05, 0) is 25.5 Å². The minimum Gasteiger partial charge on any atom is -0.496 e. The molecule has 0 radical (unpaired) electrons. The zero-order valence-electron chi connectivity index (χ0n) is 11.6. The highest BCUT2D eigenvalue weighted by Gasteiger charge is 2.19. The molecule has 0 spiro atoms. The summed E-state index contributed by atoms with van der Waals surface area (Å²) >= 11 is 4.89. The smallest absolute Gasteiger partial charge is 0.258 e. The molecular weight excluding hydrogens is 260 g/mol. The van der Waals surface area contributed by atoms with E-state index in [1.807, 2.05) is 26.0 Å². The Kier molecular flexibility index (Phi) is 5.76. The highest BCUT2D eigenvalue weighted by Crippen LogP contribution is 2.21. The van der Waals surface area contributed by atoms with Gasteiger partial charge in [-0.1, -0.05) is 30.8 Å². The van der Waals surface area contributed by atoms with Gasteiger partial charge < -0.3 is 15.4 Å². The quantitative estimate of drug-likeness (QED) is 0.811. The van der Waals surface area contributed by atoms with Crippen molar-refractivity contribution >= 4 is 23.1 Å². The van der Waals surface area contributed by atoms with E-state index in [1.165, 1.54) is 0 Å². The Morgan fingerprint density at radius 2 is 2.16 bits per heavy atom. The van der Waals surface area contributed by atoms with Crippen LogP contribution in [0.4, 0.5) is 0 Å². The molecule has 0 unspecified atom stereocenters. The lowest BCUT2D eigenvalue weighted by Gasteiger charge is -2.22. The van der Waals surface area contributed by atoms with E-state index in [4.69, 9.17) is 22.7 Å². The number of hydrogen-bond acceptors (Lipinski definition) is 3. The summed E-state index contributed by atoms with van der Waals surface area (Å²) in [6, 6.07) is 5.53. The van der Waals surface area contributed by atoms with Crippen LogP contribution in [0.15, 0.2) is 18.2 Å². The molecule has 0 saturated heterocycles. The number of amides is 1. The highest BCUT2D eigenvalue weighted by molar-refractivity contribution is 7.80. The molecule has 0 atom stereocenters. The summed E-state index contributed by atoms with van der Waals surface area (Å²) in [5, 5.41) is 0. The molecule has 0 saturated carbocycles. The number of ether oxygens (including phenoxy) is 1. The van der Waals surface area contributed by atoms with E-state index in [-0.39, 0.29) is 5.91 Å². The lowest BCUT2D eigenvalue weighted by Crippen LogP contribution is -2.38. The van der Waals surface area contributed by atoms with Gasteiger partial charge in [-0.15, -0.1) is 0 Å². The molecule has 1 rings (SSSR count). The van der Waals surface area contributed by atoms with Crippen molar-refractivity contribution in [1.82, 2.24) is 4.90 Å². The van der Waals surface area contributed by atoms with Crippen LogP contribution >= 0.6 is 12.2 Å². The summed E-state index contributed by atoms with van der Waals surface area (Å²) in [5.41, 5.74) is 7.10. The molecule has 0 aliphatic carbocycles. The van der Waals surface area contributed by atoms with E-state index in [0.717, 1.165) is 12.0 Å². The Labute approximate surface area is 119 Å². The molecule has 0 bridgehead atoms. The minimum absolute atomic E-state index is 0.102. The third-order valence-electron chi connectivity index (χ3n) is 2.71. The molecule has 2 N–H and O–H groups in total. The number of carbonyl (C=O) groups is 1. The zero-order valence-corrected chi connectivity index (χ0v) is 12.4. The molecular formula is C14H20N2O2S. The van der Waals surface area contributed by atoms with Gasteiger partial charge in [-0.3, -0.25) is 4.79 Å². The molecule has 104 valence electrons. The van der Waals surface area contributed by atoms with Crippen LogP contribution in [0.2, 0.25) is 0 Å². The third-order valence-corrected chi connectivity index (χ3v) is 2.84. The summed E-state index contributed by atoms with van der Waals surface area (Å²) in [5.74, 6) is 0.467. The molecule has 0 fully saturated rings. The third kappa shape index (κ3) is 4.21. The molecule has 5 heteroatoms. The van der Waals surface area contributed by atoms with Crippen LogP contribution in [0.5, 0.6) is 5.75 Å². The first kappa shape index (κ1) is 15.4. The van der Waals surface area contributed by atoms with Gasteiger partial charge in [0.25, 0.3) is 5.91 Å². The van der Waals surface area contributed by atoms with Crippen LogP contribution in [-0.4, -0.2) is 36.0 Å². The van der Waals surface area contributed by atoms with Gasteiger partial charge in [0.05, 0.1) is 24.2 Å². The second kappa shape index (κ2) is 7.09. The fourth-order valence-electron chi connectivity index (χ4n) is 1.87. The van der Waals surface area contributed by atoms with Crippen LogP contribution in [0.25, 0.3) is 0 Å². The Morgan fingerprint density at radius 3 is 2.68 bits per heavy atom. The van der Waals surface area contributed by atoms with Crippen molar-refractivity contribution in [2.24, 2.45) is 5.73 Å². The number of nitrogens with two attached hydrogens (primary N) is 1. The number of nitrogens with zero attached hydrogens (tertiary/aromatic N) is 1. The first-order chi connectivity index (χ1) is 8.99. The molecule has 0 aliphatic rings. The van der Waals surface area contributed by atoms with Crippen molar-refractivity contribution in [1.29, 1.82) is 0 Å². The minimum atomic E-state index is -0.102. The highest BCUT2D eigenvalue weighted by atomic mass is 32.1. The summed E-state index contributed by atoms with van der Waals surface area (Å²) in [7, 11) is 1.55. The number of benzene rings is 1. The molecule has 4 nitrogen and oxygen atoms in total. The number of hydrogen-bond donors (Lipinski definition) is 1. The Balaban J connectivity index is 3.07. The van der Waals surface area contributed by atoms with Crippen LogP contribution < -0.4 is 10.5 Å². The predicted molar refractivity (Wildman–Crippen MR) is 80.7 cm³/mol. The number of methoxy groups -OCH3 is 1. The molecule has 19 heavy (non-hydrogen) atoms. The lowest BCUT2D eigenvalue weighted by molar-refractivity contribution is 0.0776. The fourth-order valence-corrected chi connectivity index (χ4v) is 2.03. The van der Waals surface area contributed by atoms with Crippen LogP contribution in [0.3, 0.4) is 0 Å². The van der Waals surface area contributed by atoms with Gasteiger partial charge in [0.2, 0.25) is 0 Å². The van der Waals surface area contributed by atoms with Crippen molar-refractivity contribution < 1.29 is 9.53 Å². The monoisotopic (exact) mass is 280 g/mol. The van der Waals surface area contributed by atoms with Gasteiger partial charge >= 0.3 is 0 Å². The average molecular weight is 280 g/mol. The summed E-state index contributed by atoms with van der Waals surface area (Å²) in [6.45, 7) is 4.85. The maximum absolute atomic E-state index is 12.5. The van der Waals surface area contributed by atoms with E-state index in [1.54, 1.807) is 18.1 Å². The van der Waals surface area contributed by atoms with E-state index < -0.39 is 0 Å².